The predicted molar refractivity (Wildman–Crippen MR) is 75.0 cm³/mol. The van der Waals surface area contributed by atoms with Gasteiger partial charge >= 0.3 is 6.18 Å². The molecule has 0 saturated carbocycles. The predicted octanol–water partition coefficient (Wildman–Crippen LogP) is 3.44. The molecule has 23 heavy (non-hydrogen) atoms. The zero-order valence-electron chi connectivity index (χ0n) is 12.1. The molecule has 3 aromatic heterocycles. The first-order valence-electron chi connectivity index (χ1n) is 6.56. The molecule has 0 fully saturated rings. The Morgan fingerprint density at radius 1 is 1.30 bits per heavy atom. The van der Waals surface area contributed by atoms with Crippen molar-refractivity contribution in [2.24, 2.45) is 0 Å². The van der Waals surface area contributed by atoms with E-state index >= 15 is 0 Å². The Morgan fingerprint density at radius 2 is 2.04 bits per heavy atom. The molecule has 0 aliphatic rings. The van der Waals surface area contributed by atoms with E-state index in [9.17, 15) is 18.0 Å². The van der Waals surface area contributed by atoms with E-state index in [0.29, 0.717) is 11.1 Å². The molecule has 0 radical (unpaired) electrons. The summed E-state index contributed by atoms with van der Waals surface area (Å²) in [4.78, 5) is 16.3. The van der Waals surface area contributed by atoms with Gasteiger partial charge in [0, 0.05) is 17.3 Å². The van der Waals surface area contributed by atoms with Crippen LogP contribution in [0.1, 0.15) is 27.5 Å². The monoisotopic (exact) mass is 324 g/mol. The summed E-state index contributed by atoms with van der Waals surface area (Å²) in [7, 11) is 0. The van der Waals surface area contributed by atoms with Gasteiger partial charge in [-0.3, -0.25) is 9.89 Å². The van der Waals surface area contributed by atoms with Crippen LogP contribution in [0.2, 0.25) is 0 Å². The lowest BCUT2D eigenvalue weighted by Crippen LogP contribution is -2.12. The number of hydrogen-bond acceptors (Lipinski definition) is 4. The van der Waals surface area contributed by atoms with Crippen LogP contribution in [0.3, 0.4) is 0 Å². The van der Waals surface area contributed by atoms with Crippen molar-refractivity contribution in [3.05, 3.63) is 40.9 Å². The number of anilines is 1. The van der Waals surface area contributed by atoms with Gasteiger partial charge in [-0.1, -0.05) is 0 Å². The fourth-order valence-electron chi connectivity index (χ4n) is 2.10. The molecule has 0 atom stereocenters. The number of aromatic amines is 1. The van der Waals surface area contributed by atoms with Crippen LogP contribution in [-0.2, 0) is 6.18 Å². The van der Waals surface area contributed by atoms with Gasteiger partial charge in [-0.05, 0) is 26.0 Å². The number of fused-ring (bicyclic) bond motifs is 1. The molecule has 0 aliphatic heterocycles. The Bertz CT molecular complexity index is 895. The molecule has 0 unspecified atom stereocenters. The minimum absolute atomic E-state index is 0.0611. The molecule has 0 bridgehead atoms. The Labute approximate surface area is 127 Å². The van der Waals surface area contributed by atoms with E-state index < -0.39 is 17.8 Å². The maximum Gasteiger partial charge on any atom is 0.433 e. The highest BCUT2D eigenvalue weighted by Crippen LogP contribution is 2.32. The lowest BCUT2D eigenvalue weighted by Gasteiger charge is -2.04. The molecule has 9 heteroatoms. The lowest BCUT2D eigenvalue weighted by molar-refractivity contribution is -0.141. The highest BCUT2D eigenvalue weighted by Gasteiger charge is 2.36. The molecular formula is C14H11F3N4O2. The van der Waals surface area contributed by atoms with Gasteiger partial charge < -0.3 is 9.73 Å². The number of alkyl halides is 3. The second kappa shape index (κ2) is 5.11. The summed E-state index contributed by atoms with van der Waals surface area (Å²) < 4.78 is 43.4. The Balaban J connectivity index is 1.87. The molecule has 2 N–H and O–H groups in total. The van der Waals surface area contributed by atoms with E-state index in [-0.39, 0.29) is 17.1 Å². The minimum atomic E-state index is -4.57. The number of amides is 1. The van der Waals surface area contributed by atoms with Gasteiger partial charge in [-0.2, -0.15) is 18.3 Å². The lowest BCUT2D eigenvalue weighted by atomic mass is 10.2. The normalized spacial score (nSPS) is 11.9. The summed E-state index contributed by atoms with van der Waals surface area (Å²) in [6.45, 7) is 3.00. The molecule has 3 rings (SSSR count). The zero-order chi connectivity index (χ0) is 16.8. The number of furan rings is 1. The van der Waals surface area contributed by atoms with Crippen molar-refractivity contribution in [2.45, 2.75) is 20.0 Å². The van der Waals surface area contributed by atoms with Crippen molar-refractivity contribution >= 4 is 22.8 Å². The van der Waals surface area contributed by atoms with E-state index in [1.165, 1.54) is 13.0 Å². The Morgan fingerprint density at radius 3 is 2.70 bits per heavy atom. The van der Waals surface area contributed by atoms with E-state index in [4.69, 9.17) is 4.42 Å². The van der Waals surface area contributed by atoms with E-state index in [0.717, 1.165) is 5.69 Å². The number of nitrogens with zero attached hydrogens (tertiary/aromatic N) is 2. The first-order chi connectivity index (χ1) is 10.8. The standard InChI is InChI=1S/C14H11F3N4O2/c1-6-3-4-9-8(18-6)5-10(23-9)13(22)19-12-7(2)11(20-21-12)14(15,16)17/h3-5H,1-2H3,(H2,19,20,21,22). The number of pyridine rings is 1. The number of nitrogens with one attached hydrogen (secondary N) is 2. The third kappa shape index (κ3) is 2.77. The summed E-state index contributed by atoms with van der Waals surface area (Å²) in [5.74, 6) is -0.968. The zero-order valence-corrected chi connectivity index (χ0v) is 12.1. The van der Waals surface area contributed by atoms with Crippen molar-refractivity contribution in [3.63, 3.8) is 0 Å². The van der Waals surface area contributed by atoms with Crippen molar-refractivity contribution in [1.29, 1.82) is 0 Å². The Hall–Kier alpha value is -2.84. The van der Waals surface area contributed by atoms with Gasteiger partial charge in [-0.15, -0.1) is 0 Å². The fourth-order valence-corrected chi connectivity index (χ4v) is 2.10. The fraction of sp³-hybridized carbons (Fsp3) is 0.214. The van der Waals surface area contributed by atoms with Crippen LogP contribution in [-0.4, -0.2) is 21.1 Å². The molecule has 1 amide bonds. The molecule has 3 heterocycles. The number of carbonyl (C=O) groups excluding carboxylic acids is 1. The molecule has 0 spiro atoms. The second-order valence-corrected chi connectivity index (χ2v) is 4.97. The number of halogens is 3. The summed E-state index contributed by atoms with van der Waals surface area (Å²) >= 11 is 0. The van der Waals surface area contributed by atoms with Crippen molar-refractivity contribution < 1.29 is 22.4 Å². The van der Waals surface area contributed by atoms with Gasteiger partial charge in [0.25, 0.3) is 5.91 Å². The number of H-pyrrole nitrogens is 1. The third-order valence-electron chi connectivity index (χ3n) is 3.26. The van der Waals surface area contributed by atoms with Gasteiger partial charge in [-0.25, -0.2) is 4.98 Å². The molecule has 3 aromatic rings. The first kappa shape index (κ1) is 15.1. The van der Waals surface area contributed by atoms with E-state index in [1.807, 2.05) is 5.10 Å². The van der Waals surface area contributed by atoms with Gasteiger partial charge in [0.1, 0.15) is 11.2 Å². The van der Waals surface area contributed by atoms with Crippen LogP contribution in [0.5, 0.6) is 0 Å². The maximum atomic E-state index is 12.7. The van der Waals surface area contributed by atoms with Crippen LogP contribution < -0.4 is 5.32 Å². The minimum Gasteiger partial charge on any atom is -0.449 e. The molecule has 0 saturated heterocycles. The molecule has 0 aromatic carbocycles. The van der Waals surface area contributed by atoms with Crippen LogP contribution >= 0.6 is 0 Å². The number of carbonyl (C=O) groups is 1. The number of rotatable bonds is 2. The summed E-state index contributed by atoms with van der Waals surface area (Å²) in [5.41, 5.74) is 0.453. The third-order valence-corrected chi connectivity index (χ3v) is 3.26. The summed E-state index contributed by atoms with van der Waals surface area (Å²) in [6.07, 6.45) is -4.57. The van der Waals surface area contributed by atoms with Crippen LogP contribution in [0.4, 0.5) is 19.0 Å². The first-order valence-corrected chi connectivity index (χ1v) is 6.56. The second-order valence-electron chi connectivity index (χ2n) is 4.97. The van der Waals surface area contributed by atoms with Crippen LogP contribution in [0.15, 0.2) is 22.6 Å². The van der Waals surface area contributed by atoms with Crippen molar-refractivity contribution in [2.75, 3.05) is 5.32 Å². The van der Waals surface area contributed by atoms with Crippen LogP contribution in [0, 0.1) is 13.8 Å². The summed E-state index contributed by atoms with van der Waals surface area (Å²) in [6, 6.07) is 4.81. The van der Waals surface area contributed by atoms with E-state index in [1.54, 1.807) is 19.1 Å². The number of aryl methyl sites for hydroxylation is 1. The molecule has 0 aliphatic carbocycles. The quantitative estimate of drug-likeness (QED) is 0.756. The van der Waals surface area contributed by atoms with Gasteiger partial charge in [0.05, 0.1) is 0 Å². The average molecular weight is 324 g/mol. The number of aromatic nitrogens is 3. The van der Waals surface area contributed by atoms with Crippen molar-refractivity contribution in [3.8, 4) is 0 Å². The maximum absolute atomic E-state index is 12.7. The largest absolute Gasteiger partial charge is 0.449 e. The smallest absolute Gasteiger partial charge is 0.433 e. The molecule has 6 nitrogen and oxygen atoms in total. The molecular weight excluding hydrogens is 313 g/mol. The highest BCUT2D eigenvalue weighted by atomic mass is 19.4. The Kier molecular flexibility index (Phi) is 3.35. The topological polar surface area (TPSA) is 83.8 Å². The van der Waals surface area contributed by atoms with E-state index in [2.05, 4.69) is 15.4 Å². The van der Waals surface area contributed by atoms with Gasteiger partial charge in [0.2, 0.25) is 0 Å². The molecule has 120 valence electrons. The van der Waals surface area contributed by atoms with Gasteiger partial charge in [0.15, 0.2) is 17.2 Å². The van der Waals surface area contributed by atoms with Crippen molar-refractivity contribution in [1.82, 2.24) is 15.2 Å². The van der Waals surface area contributed by atoms with Crippen LogP contribution in [0.25, 0.3) is 11.1 Å². The SMILES string of the molecule is Cc1ccc2oc(C(=O)Nc3n[nH]c(C(F)(F)F)c3C)cc2n1. The summed E-state index contributed by atoms with van der Waals surface area (Å²) in [5, 5.41) is 7.65. The average Bonchev–Trinajstić information content (AvgIpc) is 3.02. The highest BCUT2D eigenvalue weighted by molar-refractivity contribution is 6.04. The number of hydrogen-bond donors (Lipinski definition) is 2.